The van der Waals surface area contributed by atoms with Crippen molar-refractivity contribution >= 4 is 5.78 Å². The fourth-order valence-corrected chi connectivity index (χ4v) is 6.13. The summed E-state index contributed by atoms with van der Waals surface area (Å²) < 4.78 is 7.71. The zero-order valence-electron chi connectivity index (χ0n) is 19.4. The Labute approximate surface area is 195 Å². The fourth-order valence-electron chi connectivity index (χ4n) is 6.13. The molecule has 3 aliphatic heterocycles. The first-order valence-electron chi connectivity index (χ1n) is 12.3. The highest BCUT2D eigenvalue weighted by atomic mass is 16.5. The largest absolute Gasteiger partial charge is 0.391 e. The number of carbonyl (C=O) groups is 1. The SMILES string of the molecule is Cc1c(C(=O)CN2C3CCC2[C@H](O)C3)cc(CCC2CCOCC2)n1-c1ccc(C#N)cc1. The van der Waals surface area contributed by atoms with E-state index in [2.05, 4.69) is 21.6 Å². The van der Waals surface area contributed by atoms with E-state index in [4.69, 9.17) is 4.74 Å². The Balaban J connectivity index is 1.41. The van der Waals surface area contributed by atoms with Crippen LogP contribution in [0.15, 0.2) is 30.3 Å². The van der Waals surface area contributed by atoms with Crippen LogP contribution in [0.4, 0.5) is 0 Å². The van der Waals surface area contributed by atoms with Crippen LogP contribution in [0.1, 0.15) is 65.8 Å². The molecular weight excluding hydrogens is 414 g/mol. The Morgan fingerprint density at radius 3 is 2.58 bits per heavy atom. The predicted octanol–water partition coefficient (Wildman–Crippen LogP) is 3.80. The second-order valence-corrected chi connectivity index (χ2v) is 9.92. The lowest BCUT2D eigenvalue weighted by atomic mass is 9.94. The Morgan fingerprint density at radius 2 is 1.94 bits per heavy atom. The van der Waals surface area contributed by atoms with Crippen molar-refractivity contribution in [2.75, 3.05) is 19.8 Å². The van der Waals surface area contributed by atoms with Crippen LogP contribution in [0.5, 0.6) is 0 Å². The van der Waals surface area contributed by atoms with Gasteiger partial charge in [0.25, 0.3) is 0 Å². The van der Waals surface area contributed by atoms with Gasteiger partial charge in [-0.2, -0.15) is 5.26 Å². The van der Waals surface area contributed by atoms with Gasteiger partial charge in [0.15, 0.2) is 5.78 Å². The van der Waals surface area contributed by atoms with Crippen molar-refractivity contribution in [2.24, 2.45) is 5.92 Å². The third-order valence-corrected chi connectivity index (χ3v) is 8.00. The smallest absolute Gasteiger partial charge is 0.178 e. The van der Waals surface area contributed by atoms with E-state index in [-0.39, 0.29) is 17.9 Å². The number of Topliss-reactive ketones (excluding diaryl/α,β-unsaturated/α-hetero) is 1. The zero-order chi connectivity index (χ0) is 22.9. The lowest BCUT2D eigenvalue weighted by Gasteiger charge is -2.22. The van der Waals surface area contributed by atoms with E-state index in [1.54, 1.807) is 0 Å². The molecule has 1 aromatic carbocycles. The van der Waals surface area contributed by atoms with Crippen molar-refractivity contribution in [2.45, 2.75) is 70.1 Å². The van der Waals surface area contributed by atoms with Gasteiger partial charge < -0.3 is 14.4 Å². The molecule has 174 valence electrons. The van der Waals surface area contributed by atoms with E-state index < -0.39 is 0 Å². The Morgan fingerprint density at radius 1 is 1.18 bits per heavy atom. The van der Waals surface area contributed by atoms with Crippen LogP contribution in [0, 0.1) is 24.2 Å². The van der Waals surface area contributed by atoms with Crippen LogP contribution in [0.25, 0.3) is 5.69 Å². The van der Waals surface area contributed by atoms with Gasteiger partial charge in [0.05, 0.1) is 24.3 Å². The number of aliphatic hydroxyl groups excluding tert-OH is 1. The monoisotopic (exact) mass is 447 g/mol. The summed E-state index contributed by atoms with van der Waals surface area (Å²) in [6, 6.07) is 12.3. The van der Waals surface area contributed by atoms with Crippen LogP contribution in [0.3, 0.4) is 0 Å². The van der Waals surface area contributed by atoms with Gasteiger partial charge in [-0.05, 0) is 88.1 Å². The molecule has 2 bridgehead atoms. The molecule has 3 saturated heterocycles. The molecule has 1 N–H and O–H groups in total. The van der Waals surface area contributed by atoms with E-state index in [1.165, 1.54) is 0 Å². The van der Waals surface area contributed by atoms with E-state index in [0.29, 0.717) is 24.1 Å². The first kappa shape index (κ1) is 22.3. The second kappa shape index (κ2) is 9.42. The minimum Gasteiger partial charge on any atom is -0.391 e. The normalized spacial score (nSPS) is 25.4. The first-order valence-corrected chi connectivity index (χ1v) is 12.3. The minimum absolute atomic E-state index is 0.132. The molecule has 0 amide bonds. The molecule has 0 aliphatic carbocycles. The molecule has 1 aromatic heterocycles. The highest BCUT2D eigenvalue weighted by Gasteiger charge is 2.46. The van der Waals surface area contributed by atoms with E-state index in [9.17, 15) is 15.2 Å². The topological polar surface area (TPSA) is 78.5 Å². The van der Waals surface area contributed by atoms with Crippen molar-refractivity contribution in [3.63, 3.8) is 0 Å². The van der Waals surface area contributed by atoms with E-state index in [1.807, 2.05) is 31.2 Å². The molecule has 3 atom stereocenters. The number of carbonyl (C=O) groups excluding carboxylic acids is 1. The maximum absolute atomic E-state index is 13.5. The van der Waals surface area contributed by atoms with Crippen molar-refractivity contribution in [3.05, 3.63) is 52.8 Å². The highest BCUT2D eigenvalue weighted by molar-refractivity contribution is 5.99. The number of rotatable bonds is 7. The number of nitriles is 1. The molecule has 2 aromatic rings. The highest BCUT2D eigenvalue weighted by Crippen LogP contribution is 2.38. The molecule has 0 radical (unpaired) electrons. The molecule has 0 spiro atoms. The standard InChI is InChI=1S/C27H33N3O3/c1-18-24(27(32)17-29-22-8-9-25(29)26(31)15-22)14-23(7-2-19-10-12-33-13-11-19)30(18)21-5-3-20(16-28)4-6-21/h3-6,14,19,22,25-26,31H,2,7-13,15,17H2,1H3/t22?,25?,26-/m1/s1. The molecule has 3 fully saturated rings. The third-order valence-electron chi connectivity index (χ3n) is 8.00. The summed E-state index contributed by atoms with van der Waals surface area (Å²) in [5.74, 6) is 0.794. The van der Waals surface area contributed by atoms with Gasteiger partial charge in [-0.3, -0.25) is 9.69 Å². The van der Waals surface area contributed by atoms with Crippen LogP contribution >= 0.6 is 0 Å². The predicted molar refractivity (Wildman–Crippen MR) is 126 cm³/mol. The number of hydrogen-bond donors (Lipinski definition) is 1. The van der Waals surface area contributed by atoms with Gasteiger partial charge in [0, 0.05) is 47.9 Å². The molecule has 2 unspecified atom stereocenters. The summed E-state index contributed by atoms with van der Waals surface area (Å²) in [6.45, 7) is 4.09. The van der Waals surface area contributed by atoms with Gasteiger partial charge in [-0.25, -0.2) is 0 Å². The molecule has 6 nitrogen and oxygen atoms in total. The lowest BCUT2D eigenvalue weighted by Crippen LogP contribution is -2.36. The fraction of sp³-hybridized carbons (Fsp3) is 0.556. The molecular formula is C27H33N3O3. The molecule has 0 saturated carbocycles. The van der Waals surface area contributed by atoms with Crippen molar-refractivity contribution in [1.29, 1.82) is 5.26 Å². The maximum atomic E-state index is 13.5. The van der Waals surface area contributed by atoms with Gasteiger partial charge in [-0.15, -0.1) is 0 Å². The van der Waals surface area contributed by atoms with Crippen LogP contribution in [0.2, 0.25) is 0 Å². The lowest BCUT2D eigenvalue weighted by molar-refractivity contribution is 0.0639. The second-order valence-electron chi connectivity index (χ2n) is 9.92. The van der Waals surface area contributed by atoms with Gasteiger partial charge in [-0.1, -0.05) is 0 Å². The summed E-state index contributed by atoms with van der Waals surface area (Å²) >= 11 is 0. The molecule has 4 heterocycles. The quantitative estimate of drug-likeness (QED) is 0.653. The summed E-state index contributed by atoms with van der Waals surface area (Å²) in [4.78, 5) is 15.7. The molecule has 3 aliphatic rings. The number of fused-ring (bicyclic) bond motifs is 2. The third kappa shape index (κ3) is 4.38. The van der Waals surface area contributed by atoms with Crippen LogP contribution in [-0.2, 0) is 11.2 Å². The molecule has 5 rings (SSSR count). The van der Waals surface area contributed by atoms with E-state index >= 15 is 0 Å². The number of aryl methyl sites for hydroxylation is 1. The molecule has 33 heavy (non-hydrogen) atoms. The number of aliphatic hydroxyl groups is 1. The summed E-state index contributed by atoms with van der Waals surface area (Å²) in [5.41, 5.74) is 4.51. The van der Waals surface area contributed by atoms with Gasteiger partial charge in [0.2, 0.25) is 0 Å². The van der Waals surface area contributed by atoms with Gasteiger partial charge in [0.1, 0.15) is 0 Å². The van der Waals surface area contributed by atoms with Crippen LogP contribution < -0.4 is 0 Å². The Kier molecular flexibility index (Phi) is 6.38. The summed E-state index contributed by atoms with van der Waals surface area (Å²) in [5, 5.41) is 19.5. The minimum atomic E-state index is -0.295. The summed E-state index contributed by atoms with van der Waals surface area (Å²) in [6.07, 6.45) is 6.75. The van der Waals surface area contributed by atoms with Gasteiger partial charge >= 0.3 is 0 Å². The number of aromatic nitrogens is 1. The number of hydrogen-bond acceptors (Lipinski definition) is 5. The first-order chi connectivity index (χ1) is 16.0. The Bertz CT molecular complexity index is 1050. The zero-order valence-corrected chi connectivity index (χ0v) is 19.4. The average molecular weight is 448 g/mol. The maximum Gasteiger partial charge on any atom is 0.178 e. The molecule has 6 heteroatoms. The van der Waals surface area contributed by atoms with Crippen molar-refractivity contribution < 1.29 is 14.6 Å². The number of ketones is 1. The van der Waals surface area contributed by atoms with E-state index in [0.717, 1.165) is 80.8 Å². The Hall–Kier alpha value is -2.46. The number of nitrogens with zero attached hydrogens (tertiary/aromatic N) is 3. The average Bonchev–Trinajstić information content (AvgIpc) is 3.48. The van der Waals surface area contributed by atoms with Crippen molar-refractivity contribution in [3.8, 4) is 11.8 Å². The van der Waals surface area contributed by atoms with Crippen LogP contribution in [-0.4, -0.2) is 58.3 Å². The number of ether oxygens (including phenoxy) is 1. The summed E-state index contributed by atoms with van der Waals surface area (Å²) in [7, 11) is 0. The number of benzene rings is 1. The van der Waals surface area contributed by atoms with Crippen molar-refractivity contribution in [1.82, 2.24) is 9.47 Å².